The van der Waals surface area contributed by atoms with Gasteiger partial charge in [-0.2, -0.15) is 4.98 Å². The van der Waals surface area contributed by atoms with Gasteiger partial charge in [0, 0.05) is 54.2 Å². The maximum Gasteiger partial charge on any atom is 0.229 e. The number of likely N-dealkylation sites (N-methyl/N-ethyl adjacent to an activating group) is 1. The van der Waals surface area contributed by atoms with Crippen molar-refractivity contribution in [3.05, 3.63) is 60.0 Å². The Kier molecular flexibility index (Phi) is 7.75. The summed E-state index contributed by atoms with van der Waals surface area (Å²) in [5, 5.41) is 9.83. The first kappa shape index (κ1) is 26.7. The van der Waals surface area contributed by atoms with Crippen molar-refractivity contribution in [2.24, 2.45) is 0 Å². The minimum Gasteiger partial charge on any atom is -0.369 e. The Bertz CT molecular complexity index is 1430. The molecule has 1 aliphatic rings. The molecule has 0 radical (unpaired) electrons. The van der Waals surface area contributed by atoms with Crippen LogP contribution in [0.15, 0.2) is 60.0 Å². The van der Waals surface area contributed by atoms with E-state index in [0.717, 1.165) is 53.1 Å². The molecule has 7 nitrogen and oxygen atoms in total. The molecule has 1 aliphatic heterocycles. The summed E-state index contributed by atoms with van der Waals surface area (Å²) in [6.07, 6.45) is 0. The number of para-hydroxylation sites is 1. The van der Waals surface area contributed by atoms with Crippen molar-refractivity contribution in [3.63, 3.8) is 0 Å². The molecule has 0 unspecified atom stereocenters. The van der Waals surface area contributed by atoms with E-state index in [1.807, 2.05) is 35.7 Å². The molecule has 2 aromatic carbocycles. The van der Waals surface area contributed by atoms with Crippen LogP contribution in [-0.2, 0) is 4.57 Å². The number of aromatic nitrogens is 2. The van der Waals surface area contributed by atoms with Gasteiger partial charge < -0.3 is 25.0 Å². The quantitative estimate of drug-likeness (QED) is 0.236. The van der Waals surface area contributed by atoms with Crippen LogP contribution in [0.1, 0.15) is 27.7 Å². The molecule has 9 heteroatoms. The maximum absolute atomic E-state index is 14.2. The Morgan fingerprint density at radius 2 is 1.55 bits per heavy atom. The van der Waals surface area contributed by atoms with Crippen LogP contribution in [0.2, 0.25) is 0 Å². The monoisotopic (exact) mass is 548 g/mol. The number of anilines is 5. The van der Waals surface area contributed by atoms with Gasteiger partial charge in [-0.05, 0) is 54.9 Å². The smallest absolute Gasteiger partial charge is 0.229 e. The van der Waals surface area contributed by atoms with Crippen molar-refractivity contribution in [3.8, 4) is 0 Å². The normalized spacial score (nSPS) is 15.0. The molecule has 2 N–H and O–H groups in total. The molecule has 0 atom stereocenters. The van der Waals surface area contributed by atoms with Crippen LogP contribution in [-0.4, -0.2) is 59.4 Å². The first-order valence-electron chi connectivity index (χ1n) is 13.3. The third-order valence-corrected chi connectivity index (χ3v) is 12.5. The fourth-order valence-corrected chi connectivity index (χ4v) is 9.02. The zero-order valence-corrected chi connectivity index (χ0v) is 24.5. The van der Waals surface area contributed by atoms with Crippen LogP contribution in [0.5, 0.6) is 0 Å². The van der Waals surface area contributed by atoms with E-state index in [-0.39, 0.29) is 11.3 Å². The number of benzene rings is 2. The summed E-state index contributed by atoms with van der Waals surface area (Å²) in [4.78, 5) is 14.4. The lowest BCUT2D eigenvalue weighted by molar-refractivity contribution is 0.313. The van der Waals surface area contributed by atoms with E-state index < -0.39 is 7.14 Å². The Morgan fingerprint density at radius 1 is 0.868 bits per heavy atom. The van der Waals surface area contributed by atoms with E-state index in [0.29, 0.717) is 11.8 Å². The van der Waals surface area contributed by atoms with Crippen molar-refractivity contribution in [1.82, 2.24) is 14.9 Å². The van der Waals surface area contributed by atoms with Gasteiger partial charge >= 0.3 is 0 Å². The molecule has 38 heavy (non-hydrogen) atoms. The van der Waals surface area contributed by atoms with Gasteiger partial charge in [0.1, 0.15) is 7.14 Å². The number of piperazine rings is 1. The highest BCUT2D eigenvalue weighted by molar-refractivity contribution is 7.73. The van der Waals surface area contributed by atoms with Gasteiger partial charge in [0.15, 0.2) is 5.82 Å². The average molecular weight is 549 g/mol. The second-order valence-electron chi connectivity index (χ2n) is 10.5. The third kappa shape index (κ3) is 5.31. The molecule has 1 fully saturated rings. The van der Waals surface area contributed by atoms with Crippen LogP contribution in [0.25, 0.3) is 10.2 Å². The predicted molar refractivity (Wildman–Crippen MR) is 164 cm³/mol. The molecular formula is C29H37N6OPS. The van der Waals surface area contributed by atoms with Crippen LogP contribution < -0.4 is 20.8 Å². The van der Waals surface area contributed by atoms with Crippen LogP contribution in [0, 0.1) is 0 Å². The van der Waals surface area contributed by atoms with Crippen molar-refractivity contribution in [2.45, 2.75) is 39.0 Å². The highest BCUT2D eigenvalue weighted by Gasteiger charge is 2.34. The lowest BCUT2D eigenvalue weighted by atomic mass is 10.2. The first-order valence-corrected chi connectivity index (χ1v) is 16.0. The minimum absolute atomic E-state index is 0.0450. The van der Waals surface area contributed by atoms with Crippen molar-refractivity contribution >= 4 is 62.8 Å². The number of hydrogen-bond acceptors (Lipinski definition) is 8. The maximum atomic E-state index is 14.2. The van der Waals surface area contributed by atoms with Crippen LogP contribution in [0.3, 0.4) is 0 Å². The summed E-state index contributed by atoms with van der Waals surface area (Å²) in [7, 11) is -0.477. The summed E-state index contributed by atoms with van der Waals surface area (Å²) in [6.45, 7) is 12.5. The Hall–Kier alpha value is -2.93. The molecule has 2 aromatic heterocycles. The molecule has 200 valence electrons. The zero-order chi connectivity index (χ0) is 26.9. The lowest BCUT2D eigenvalue weighted by Gasteiger charge is -2.34. The Balaban J connectivity index is 1.43. The van der Waals surface area contributed by atoms with Gasteiger partial charge in [0.2, 0.25) is 5.95 Å². The molecule has 0 aliphatic carbocycles. The Labute approximate surface area is 229 Å². The van der Waals surface area contributed by atoms with E-state index in [2.05, 4.69) is 79.4 Å². The molecule has 0 amide bonds. The topological polar surface area (TPSA) is 73.4 Å². The number of thiophene rings is 1. The molecule has 3 heterocycles. The van der Waals surface area contributed by atoms with Crippen LogP contribution >= 0.6 is 18.5 Å². The van der Waals surface area contributed by atoms with Gasteiger partial charge in [0.25, 0.3) is 0 Å². The van der Waals surface area contributed by atoms with Crippen molar-refractivity contribution in [1.29, 1.82) is 0 Å². The van der Waals surface area contributed by atoms with E-state index in [9.17, 15) is 4.57 Å². The number of nitrogens with one attached hydrogen (secondary N) is 2. The summed E-state index contributed by atoms with van der Waals surface area (Å²) >= 11 is 1.60. The number of fused-ring (bicyclic) bond motifs is 1. The first-order chi connectivity index (χ1) is 18.3. The van der Waals surface area contributed by atoms with Gasteiger partial charge in [-0.1, -0.05) is 39.8 Å². The summed E-state index contributed by atoms with van der Waals surface area (Å²) in [5.74, 6) is 1.24. The van der Waals surface area contributed by atoms with E-state index in [1.54, 1.807) is 11.3 Å². The van der Waals surface area contributed by atoms with Crippen LogP contribution in [0.4, 0.5) is 28.8 Å². The molecule has 0 saturated carbocycles. The minimum atomic E-state index is -2.65. The van der Waals surface area contributed by atoms with Crippen molar-refractivity contribution < 1.29 is 4.57 Å². The Morgan fingerprint density at radius 3 is 2.24 bits per heavy atom. The summed E-state index contributed by atoms with van der Waals surface area (Å²) in [6, 6.07) is 18.4. The molecule has 0 bridgehead atoms. The molecule has 1 saturated heterocycles. The van der Waals surface area contributed by atoms with Gasteiger partial charge in [-0.25, -0.2) is 4.98 Å². The predicted octanol–water partition coefficient (Wildman–Crippen LogP) is 6.74. The average Bonchev–Trinajstić information content (AvgIpc) is 3.38. The standard InChI is InChI=1S/C29H37N6OPS/c1-20(2)37(36,21(3)4)26-9-7-6-8-24(26)31-28-27-25(14-19-38-27)32-29(33-28)30-22-10-12-23(13-11-22)35-17-15-34(5)16-18-35/h6-14,19-21H,15-18H2,1-5H3,(H2,30,31,32,33). The van der Waals surface area contributed by atoms with E-state index in [4.69, 9.17) is 9.97 Å². The van der Waals surface area contributed by atoms with Gasteiger partial charge in [-0.15, -0.1) is 11.3 Å². The summed E-state index contributed by atoms with van der Waals surface area (Å²) in [5.41, 5.74) is 3.98. The highest BCUT2D eigenvalue weighted by atomic mass is 32.1. The van der Waals surface area contributed by atoms with Gasteiger partial charge in [0.05, 0.1) is 15.9 Å². The molecule has 5 rings (SSSR count). The van der Waals surface area contributed by atoms with Gasteiger partial charge in [-0.3, -0.25) is 0 Å². The van der Waals surface area contributed by atoms with Crippen molar-refractivity contribution in [2.75, 3.05) is 48.8 Å². The second kappa shape index (κ2) is 11.0. The fraction of sp³-hybridized carbons (Fsp3) is 0.379. The van der Waals surface area contributed by atoms with E-state index in [1.165, 1.54) is 5.69 Å². The molecule has 4 aromatic rings. The third-order valence-electron chi connectivity index (χ3n) is 7.36. The molecule has 0 spiro atoms. The highest BCUT2D eigenvalue weighted by Crippen LogP contribution is 2.55. The number of hydrogen-bond donors (Lipinski definition) is 2. The number of nitrogens with zero attached hydrogens (tertiary/aromatic N) is 4. The SMILES string of the molecule is CC(C)P(=O)(c1ccccc1Nc1nc(Nc2ccc(N3CCN(C)CC3)cc2)nc2ccsc12)C(C)C. The molecular weight excluding hydrogens is 511 g/mol. The zero-order valence-electron chi connectivity index (χ0n) is 22.8. The fourth-order valence-electron chi connectivity index (χ4n) is 5.12. The van der Waals surface area contributed by atoms with E-state index >= 15 is 0 Å². The number of rotatable bonds is 8. The lowest BCUT2D eigenvalue weighted by Crippen LogP contribution is -2.44. The summed E-state index contributed by atoms with van der Waals surface area (Å²) < 4.78 is 15.2. The second-order valence-corrected chi connectivity index (χ2v) is 15.4. The largest absolute Gasteiger partial charge is 0.369 e.